The van der Waals surface area contributed by atoms with Gasteiger partial charge in [0.1, 0.15) is 5.82 Å². The second kappa shape index (κ2) is 7.98. The Morgan fingerprint density at radius 2 is 1.75 bits per heavy atom. The first kappa shape index (κ1) is 18.4. The molecular formula is C23H26N4O. The molecule has 1 N–H and O–H groups in total. The maximum Gasteiger partial charge on any atom is 0.272 e. The van der Waals surface area contributed by atoms with Gasteiger partial charge < -0.3 is 9.88 Å². The van der Waals surface area contributed by atoms with Crippen molar-refractivity contribution in [2.75, 3.05) is 13.1 Å². The third kappa shape index (κ3) is 3.58. The highest BCUT2D eigenvalue weighted by Crippen LogP contribution is 2.27. The lowest BCUT2D eigenvalue weighted by atomic mass is 10.1. The summed E-state index contributed by atoms with van der Waals surface area (Å²) in [7, 11) is 0. The van der Waals surface area contributed by atoms with E-state index >= 15 is 0 Å². The van der Waals surface area contributed by atoms with Gasteiger partial charge in [0.05, 0.1) is 11.7 Å². The van der Waals surface area contributed by atoms with E-state index in [9.17, 15) is 4.79 Å². The summed E-state index contributed by atoms with van der Waals surface area (Å²) in [5.41, 5.74) is 3.68. The molecule has 0 aliphatic carbocycles. The molecule has 0 saturated heterocycles. The van der Waals surface area contributed by atoms with E-state index in [0.717, 1.165) is 48.8 Å². The Morgan fingerprint density at radius 3 is 2.43 bits per heavy atom. The first-order valence-electron chi connectivity index (χ1n) is 9.90. The number of hydrogen-bond donors (Lipinski definition) is 1. The summed E-state index contributed by atoms with van der Waals surface area (Å²) in [6, 6.07) is 20.1. The van der Waals surface area contributed by atoms with Crippen LogP contribution in [-0.4, -0.2) is 33.4 Å². The van der Waals surface area contributed by atoms with Crippen molar-refractivity contribution >= 4 is 5.91 Å². The van der Waals surface area contributed by atoms with Crippen LogP contribution in [0.25, 0.3) is 11.4 Å². The molecule has 5 nitrogen and oxygen atoms in total. The van der Waals surface area contributed by atoms with Crippen LogP contribution in [0.15, 0.2) is 60.7 Å². The van der Waals surface area contributed by atoms with Crippen molar-refractivity contribution < 1.29 is 4.79 Å². The van der Waals surface area contributed by atoms with Crippen molar-refractivity contribution in [1.29, 1.82) is 0 Å². The molecule has 0 spiro atoms. The van der Waals surface area contributed by atoms with Crippen LogP contribution < -0.4 is 5.32 Å². The Hall–Kier alpha value is -2.92. The summed E-state index contributed by atoms with van der Waals surface area (Å²) in [6.45, 7) is 7.70. The first-order chi connectivity index (χ1) is 13.7. The standard InChI is InChI=1S/C23H26N4O/c1-3-26-14-15-27-20(16-26)21(25-22(27)19-12-8-5-9-13-19)23(28)24-17(2)18-10-6-4-7-11-18/h4-13,17H,3,14-16H2,1-2H3,(H,24,28)/t17-/m0/s1. The lowest BCUT2D eigenvalue weighted by Gasteiger charge is -2.28. The molecule has 0 radical (unpaired) electrons. The largest absolute Gasteiger partial charge is 0.344 e. The van der Waals surface area contributed by atoms with Gasteiger partial charge in [-0.15, -0.1) is 0 Å². The summed E-state index contributed by atoms with van der Waals surface area (Å²) < 4.78 is 2.21. The molecule has 5 heteroatoms. The number of benzene rings is 2. The van der Waals surface area contributed by atoms with E-state index in [-0.39, 0.29) is 11.9 Å². The Bertz CT molecular complexity index is 949. The van der Waals surface area contributed by atoms with E-state index in [2.05, 4.69) is 33.8 Å². The van der Waals surface area contributed by atoms with Gasteiger partial charge in [-0.2, -0.15) is 0 Å². The fraction of sp³-hybridized carbons (Fsp3) is 0.304. The molecular weight excluding hydrogens is 348 g/mol. The van der Waals surface area contributed by atoms with Crippen LogP contribution in [0.2, 0.25) is 0 Å². The summed E-state index contributed by atoms with van der Waals surface area (Å²) >= 11 is 0. The average Bonchev–Trinajstić information content (AvgIpc) is 3.14. The second-order valence-electron chi connectivity index (χ2n) is 7.22. The zero-order valence-electron chi connectivity index (χ0n) is 16.4. The maximum atomic E-state index is 13.1. The molecule has 1 amide bonds. The van der Waals surface area contributed by atoms with Crippen LogP contribution in [0, 0.1) is 0 Å². The van der Waals surface area contributed by atoms with E-state index in [0.29, 0.717) is 5.69 Å². The van der Waals surface area contributed by atoms with Gasteiger partial charge in [-0.1, -0.05) is 67.6 Å². The van der Waals surface area contributed by atoms with E-state index in [1.165, 1.54) is 0 Å². The highest BCUT2D eigenvalue weighted by molar-refractivity contribution is 5.94. The number of aromatic nitrogens is 2. The molecule has 28 heavy (non-hydrogen) atoms. The van der Waals surface area contributed by atoms with Gasteiger partial charge in [-0.05, 0) is 19.0 Å². The number of amides is 1. The number of carbonyl (C=O) groups excluding carboxylic acids is 1. The summed E-state index contributed by atoms with van der Waals surface area (Å²) in [5, 5.41) is 3.13. The predicted octanol–water partition coefficient (Wildman–Crippen LogP) is 3.88. The highest BCUT2D eigenvalue weighted by atomic mass is 16.2. The zero-order chi connectivity index (χ0) is 19.5. The smallest absolute Gasteiger partial charge is 0.272 e. The Kier molecular flexibility index (Phi) is 5.26. The van der Waals surface area contributed by atoms with Crippen LogP contribution in [0.3, 0.4) is 0 Å². The van der Waals surface area contributed by atoms with Crippen molar-refractivity contribution in [3.63, 3.8) is 0 Å². The summed E-state index contributed by atoms with van der Waals surface area (Å²) in [6.07, 6.45) is 0. The molecule has 4 rings (SSSR count). The Labute approximate surface area is 166 Å². The number of carbonyl (C=O) groups is 1. The molecule has 1 aliphatic rings. The van der Waals surface area contributed by atoms with Crippen molar-refractivity contribution in [1.82, 2.24) is 19.8 Å². The molecule has 144 valence electrons. The lowest BCUT2D eigenvalue weighted by molar-refractivity contribution is 0.0931. The van der Waals surface area contributed by atoms with E-state index in [1.807, 2.05) is 55.5 Å². The number of nitrogens with one attached hydrogen (secondary N) is 1. The van der Waals surface area contributed by atoms with Gasteiger partial charge >= 0.3 is 0 Å². The predicted molar refractivity (Wildman–Crippen MR) is 111 cm³/mol. The molecule has 1 aliphatic heterocycles. The van der Waals surface area contributed by atoms with Crippen molar-refractivity contribution in [3.05, 3.63) is 77.6 Å². The van der Waals surface area contributed by atoms with Gasteiger partial charge in [0, 0.05) is 25.2 Å². The quantitative estimate of drug-likeness (QED) is 0.737. The molecule has 0 fully saturated rings. The van der Waals surface area contributed by atoms with Gasteiger partial charge in [0.25, 0.3) is 5.91 Å². The minimum atomic E-state index is -0.111. The van der Waals surface area contributed by atoms with Crippen LogP contribution in [0.5, 0.6) is 0 Å². The normalized spacial score (nSPS) is 15.1. The van der Waals surface area contributed by atoms with Gasteiger partial charge in [-0.3, -0.25) is 9.69 Å². The molecule has 0 saturated carbocycles. The Morgan fingerprint density at radius 1 is 1.07 bits per heavy atom. The van der Waals surface area contributed by atoms with E-state index in [4.69, 9.17) is 4.98 Å². The van der Waals surface area contributed by atoms with Crippen LogP contribution >= 0.6 is 0 Å². The van der Waals surface area contributed by atoms with E-state index < -0.39 is 0 Å². The Balaban J connectivity index is 1.68. The molecule has 1 atom stereocenters. The molecule has 2 heterocycles. The fourth-order valence-electron chi connectivity index (χ4n) is 3.77. The lowest BCUT2D eigenvalue weighted by Crippen LogP contribution is -2.35. The molecule has 1 aromatic heterocycles. The van der Waals surface area contributed by atoms with Gasteiger partial charge in [0.15, 0.2) is 5.69 Å². The minimum absolute atomic E-state index is 0.0721. The fourth-order valence-corrected chi connectivity index (χ4v) is 3.77. The monoisotopic (exact) mass is 374 g/mol. The SMILES string of the molecule is CCN1CCn2c(-c3ccccc3)nc(C(=O)N[C@@H](C)c3ccccc3)c2C1. The van der Waals surface area contributed by atoms with Crippen molar-refractivity contribution in [3.8, 4) is 11.4 Å². The number of hydrogen-bond acceptors (Lipinski definition) is 3. The molecule has 3 aromatic rings. The minimum Gasteiger partial charge on any atom is -0.344 e. The number of fused-ring (bicyclic) bond motifs is 1. The molecule has 2 aromatic carbocycles. The average molecular weight is 374 g/mol. The number of rotatable bonds is 5. The van der Waals surface area contributed by atoms with Crippen molar-refractivity contribution in [2.45, 2.75) is 33.0 Å². The van der Waals surface area contributed by atoms with Crippen LogP contribution in [0.1, 0.15) is 41.6 Å². The number of imidazole rings is 1. The second-order valence-corrected chi connectivity index (χ2v) is 7.22. The molecule has 0 bridgehead atoms. The topological polar surface area (TPSA) is 50.2 Å². The van der Waals surface area contributed by atoms with Gasteiger partial charge in [-0.25, -0.2) is 4.98 Å². The summed E-state index contributed by atoms with van der Waals surface area (Å²) in [4.78, 5) is 20.3. The zero-order valence-corrected chi connectivity index (χ0v) is 16.4. The number of likely N-dealkylation sites (N-methyl/N-ethyl adjacent to an activating group) is 1. The van der Waals surface area contributed by atoms with E-state index in [1.54, 1.807) is 0 Å². The molecule has 0 unspecified atom stereocenters. The third-order valence-corrected chi connectivity index (χ3v) is 5.43. The van der Waals surface area contributed by atoms with Crippen molar-refractivity contribution in [2.24, 2.45) is 0 Å². The van der Waals surface area contributed by atoms with Crippen LogP contribution in [-0.2, 0) is 13.1 Å². The first-order valence-corrected chi connectivity index (χ1v) is 9.90. The van der Waals surface area contributed by atoms with Crippen LogP contribution in [0.4, 0.5) is 0 Å². The maximum absolute atomic E-state index is 13.1. The van der Waals surface area contributed by atoms with Gasteiger partial charge in [0.2, 0.25) is 0 Å². The number of nitrogens with zero attached hydrogens (tertiary/aromatic N) is 3. The summed E-state index contributed by atoms with van der Waals surface area (Å²) in [5.74, 6) is 0.768. The highest BCUT2D eigenvalue weighted by Gasteiger charge is 2.28. The third-order valence-electron chi connectivity index (χ3n) is 5.43.